The van der Waals surface area contributed by atoms with Gasteiger partial charge in [0.1, 0.15) is 5.75 Å². The third-order valence-electron chi connectivity index (χ3n) is 4.93. The quantitative estimate of drug-likeness (QED) is 0.328. The van der Waals surface area contributed by atoms with Crippen LogP contribution in [-0.4, -0.2) is 57.2 Å². The highest BCUT2D eigenvalue weighted by atomic mass is 16.5. The molecular weight excluding hydrogens is 342 g/mol. The van der Waals surface area contributed by atoms with Crippen LogP contribution in [0.5, 0.6) is 5.75 Å². The Kier molecular flexibility index (Phi) is 8.95. The second-order valence-electron chi connectivity index (χ2n) is 6.85. The number of unbranched alkanes of at least 4 members (excludes halogenated alkanes) is 1. The van der Waals surface area contributed by atoms with E-state index in [-0.39, 0.29) is 11.9 Å². The van der Waals surface area contributed by atoms with Gasteiger partial charge in [-0.2, -0.15) is 0 Å². The zero-order valence-corrected chi connectivity index (χ0v) is 16.9. The van der Waals surface area contributed by atoms with Crippen LogP contribution >= 0.6 is 0 Å². The van der Waals surface area contributed by atoms with Gasteiger partial charge in [0.25, 0.3) is 0 Å². The number of nitrogens with zero attached hydrogens (tertiary/aromatic N) is 2. The van der Waals surface area contributed by atoms with Crippen LogP contribution < -0.4 is 10.1 Å². The molecule has 1 heterocycles. The molecule has 1 aliphatic rings. The maximum Gasteiger partial charge on any atom is 0.308 e. The molecule has 0 amide bonds. The summed E-state index contributed by atoms with van der Waals surface area (Å²) in [6, 6.07) is 8.32. The van der Waals surface area contributed by atoms with Crippen LogP contribution in [0.3, 0.4) is 0 Å². The maximum absolute atomic E-state index is 11.6. The molecule has 27 heavy (non-hydrogen) atoms. The smallest absolute Gasteiger partial charge is 0.308 e. The number of carbonyl (C=O) groups is 1. The van der Waals surface area contributed by atoms with E-state index in [0.717, 1.165) is 70.1 Å². The summed E-state index contributed by atoms with van der Waals surface area (Å²) in [6.07, 6.45) is 4.78. The number of piperidine rings is 1. The van der Waals surface area contributed by atoms with Crippen LogP contribution in [-0.2, 0) is 16.0 Å². The number of methoxy groups -OCH3 is 1. The highest BCUT2D eigenvalue weighted by Gasteiger charge is 2.26. The van der Waals surface area contributed by atoms with E-state index in [9.17, 15) is 4.79 Å². The van der Waals surface area contributed by atoms with Crippen molar-refractivity contribution in [3.05, 3.63) is 29.8 Å². The lowest BCUT2D eigenvalue weighted by molar-refractivity contribution is -0.146. The van der Waals surface area contributed by atoms with E-state index < -0.39 is 0 Å². The van der Waals surface area contributed by atoms with Gasteiger partial charge in [0.2, 0.25) is 0 Å². The van der Waals surface area contributed by atoms with Gasteiger partial charge >= 0.3 is 5.97 Å². The van der Waals surface area contributed by atoms with Gasteiger partial charge in [-0.15, -0.1) is 0 Å². The highest BCUT2D eigenvalue weighted by molar-refractivity contribution is 5.80. The molecule has 1 aliphatic heterocycles. The number of hydrogen-bond donors (Lipinski definition) is 1. The lowest BCUT2D eigenvalue weighted by Gasteiger charge is -2.33. The first kappa shape index (κ1) is 21.1. The number of hydrogen-bond acceptors (Lipinski definition) is 4. The van der Waals surface area contributed by atoms with Crippen molar-refractivity contribution >= 4 is 11.9 Å². The van der Waals surface area contributed by atoms with Gasteiger partial charge in [-0.05, 0) is 43.4 Å². The van der Waals surface area contributed by atoms with E-state index in [1.165, 1.54) is 12.7 Å². The summed E-state index contributed by atoms with van der Waals surface area (Å²) in [5.74, 6) is 1.75. The van der Waals surface area contributed by atoms with E-state index in [1.807, 2.05) is 12.1 Å². The first-order chi connectivity index (χ1) is 13.2. The predicted molar refractivity (Wildman–Crippen MR) is 108 cm³/mol. The van der Waals surface area contributed by atoms with Gasteiger partial charge < -0.3 is 19.7 Å². The molecule has 0 spiro atoms. The van der Waals surface area contributed by atoms with Gasteiger partial charge in [0, 0.05) is 26.7 Å². The van der Waals surface area contributed by atoms with Gasteiger partial charge in [0.05, 0.1) is 19.6 Å². The lowest BCUT2D eigenvalue weighted by Crippen LogP contribution is -2.47. The Balaban J connectivity index is 1.73. The second kappa shape index (κ2) is 11.5. The number of esters is 1. The minimum absolute atomic E-state index is 0.0161. The summed E-state index contributed by atoms with van der Waals surface area (Å²) < 4.78 is 10.5. The van der Waals surface area contributed by atoms with Crippen molar-refractivity contribution < 1.29 is 14.3 Å². The lowest BCUT2D eigenvalue weighted by atomic mass is 9.97. The van der Waals surface area contributed by atoms with Crippen LogP contribution in [0.4, 0.5) is 0 Å². The van der Waals surface area contributed by atoms with Crippen molar-refractivity contribution in [2.45, 2.75) is 39.0 Å². The fourth-order valence-corrected chi connectivity index (χ4v) is 3.23. The highest BCUT2D eigenvalue weighted by Crippen LogP contribution is 2.18. The first-order valence-electron chi connectivity index (χ1n) is 9.93. The van der Waals surface area contributed by atoms with Crippen molar-refractivity contribution in [2.24, 2.45) is 10.9 Å². The Labute approximate surface area is 162 Å². The second-order valence-corrected chi connectivity index (χ2v) is 6.85. The van der Waals surface area contributed by atoms with Crippen molar-refractivity contribution in [2.75, 3.05) is 40.4 Å². The molecular formula is C21H33N3O3. The number of ether oxygens (including phenoxy) is 2. The summed E-state index contributed by atoms with van der Waals surface area (Å²) in [7, 11) is 3.26. The standard InChI is InChI=1S/C21H33N3O3/c1-4-5-16-27-19-8-6-17(7-9-19)10-13-23-21(22-2)24-14-11-18(12-15-24)20(25)26-3/h6-9,18H,4-5,10-16H2,1-3H3,(H,22,23). The topological polar surface area (TPSA) is 63.2 Å². The molecule has 1 aromatic carbocycles. The Morgan fingerprint density at radius 3 is 2.56 bits per heavy atom. The van der Waals surface area contributed by atoms with Crippen LogP contribution in [0.1, 0.15) is 38.2 Å². The van der Waals surface area contributed by atoms with Gasteiger partial charge in [-0.25, -0.2) is 0 Å². The summed E-state index contributed by atoms with van der Waals surface area (Å²) >= 11 is 0. The van der Waals surface area contributed by atoms with Gasteiger partial charge in [-0.3, -0.25) is 9.79 Å². The fraction of sp³-hybridized carbons (Fsp3) is 0.619. The minimum Gasteiger partial charge on any atom is -0.494 e. The number of nitrogens with one attached hydrogen (secondary N) is 1. The molecule has 0 aromatic heterocycles. The Morgan fingerprint density at radius 1 is 1.26 bits per heavy atom. The molecule has 2 rings (SSSR count). The third-order valence-corrected chi connectivity index (χ3v) is 4.93. The number of aliphatic imine (C=N–C) groups is 1. The molecule has 0 atom stereocenters. The molecule has 0 saturated carbocycles. The van der Waals surface area contributed by atoms with E-state index >= 15 is 0 Å². The molecule has 0 bridgehead atoms. The summed E-state index contributed by atoms with van der Waals surface area (Å²) in [5, 5.41) is 3.43. The maximum atomic E-state index is 11.6. The number of benzene rings is 1. The minimum atomic E-state index is -0.0975. The monoisotopic (exact) mass is 375 g/mol. The molecule has 1 aromatic rings. The molecule has 0 radical (unpaired) electrons. The number of guanidine groups is 1. The average molecular weight is 376 g/mol. The number of likely N-dealkylation sites (tertiary alicyclic amines) is 1. The van der Waals surface area contributed by atoms with Crippen molar-refractivity contribution in [1.82, 2.24) is 10.2 Å². The third kappa shape index (κ3) is 6.77. The molecule has 1 saturated heterocycles. The molecule has 150 valence electrons. The van der Waals surface area contributed by atoms with E-state index in [4.69, 9.17) is 9.47 Å². The number of carbonyl (C=O) groups excluding carboxylic acids is 1. The van der Waals surface area contributed by atoms with Crippen molar-refractivity contribution in [1.29, 1.82) is 0 Å². The average Bonchev–Trinajstić information content (AvgIpc) is 2.72. The first-order valence-corrected chi connectivity index (χ1v) is 9.93. The van der Waals surface area contributed by atoms with Crippen molar-refractivity contribution in [3.63, 3.8) is 0 Å². The van der Waals surface area contributed by atoms with E-state index in [1.54, 1.807) is 7.05 Å². The Morgan fingerprint density at radius 2 is 1.96 bits per heavy atom. The zero-order valence-electron chi connectivity index (χ0n) is 16.9. The SMILES string of the molecule is CCCCOc1ccc(CCNC(=NC)N2CCC(C(=O)OC)CC2)cc1. The molecule has 1 N–H and O–H groups in total. The predicted octanol–water partition coefficient (Wildman–Crippen LogP) is 2.87. The van der Waals surface area contributed by atoms with Crippen LogP contribution in [0.25, 0.3) is 0 Å². The fourth-order valence-electron chi connectivity index (χ4n) is 3.23. The summed E-state index contributed by atoms with van der Waals surface area (Å²) in [6.45, 7) is 5.40. The zero-order chi connectivity index (χ0) is 19.5. The van der Waals surface area contributed by atoms with E-state index in [2.05, 4.69) is 34.3 Å². The van der Waals surface area contributed by atoms with Crippen LogP contribution in [0.2, 0.25) is 0 Å². The van der Waals surface area contributed by atoms with Gasteiger partial charge in [0.15, 0.2) is 5.96 Å². The van der Waals surface area contributed by atoms with Crippen LogP contribution in [0.15, 0.2) is 29.3 Å². The number of rotatable bonds is 8. The molecule has 0 unspecified atom stereocenters. The normalized spacial score (nSPS) is 15.5. The largest absolute Gasteiger partial charge is 0.494 e. The Hall–Kier alpha value is -2.24. The molecule has 6 heteroatoms. The molecule has 1 fully saturated rings. The molecule has 6 nitrogen and oxygen atoms in total. The van der Waals surface area contributed by atoms with Crippen molar-refractivity contribution in [3.8, 4) is 5.75 Å². The van der Waals surface area contributed by atoms with E-state index in [0.29, 0.717) is 0 Å². The van der Waals surface area contributed by atoms with Gasteiger partial charge in [-0.1, -0.05) is 25.5 Å². The van der Waals surface area contributed by atoms with Crippen LogP contribution in [0, 0.1) is 5.92 Å². The summed E-state index contributed by atoms with van der Waals surface area (Å²) in [5.41, 5.74) is 1.27. The summed E-state index contributed by atoms with van der Waals surface area (Å²) in [4.78, 5) is 18.2. The molecule has 0 aliphatic carbocycles. The Bertz CT molecular complexity index is 593.